The highest BCUT2D eigenvalue weighted by Gasteiger charge is 2.21. The summed E-state index contributed by atoms with van der Waals surface area (Å²) in [7, 11) is 0. The van der Waals surface area contributed by atoms with Crippen molar-refractivity contribution in [2.45, 2.75) is 70.4 Å². The molecule has 0 aromatic rings. The largest absolute Gasteiger partial charge is 0.353 e. The van der Waals surface area contributed by atoms with Gasteiger partial charge in [0.1, 0.15) is 0 Å². The number of piperidine rings is 1. The van der Waals surface area contributed by atoms with E-state index in [0.717, 1.165) is 38.1 Å². The summed E-state index contributed by atoms with van der Waals surface area (Å²) >= 11 is 0. The van der Waals surface area contributed by atoms with Gasteiger partial charge in [0.25, 0.3) is 0 Å². The molecule has 3 heteroatoms. The summed E-state index contributed by atoms with van der Waals surface area (Å²) in [4.78, 5) is 11.8. The van der Waals surface area contributed by atoms with Gasteiger partial charge in [-0.05, 0) is 38.6 Å². The van der Waals surface area contributed by atoms with Gasteiger partial charge in [-0.2, -0.15) is 0 Å². The minimum Gasteiger partial charge on any atom is -0.353 e. The maximum atomic E-state index is 11.8. The van der Waals surface area contributed by atoms with Gasteiger partial charge in [-0.3, -0.25) is 4.79 Å². The van der Waals surface area contributed by atoms with E-state index in [1.54, 1.807) is 0 Å². The van der Waals surface area contributed by atoms with Gasteiger partial charge in [-0.25, -0.2) is 0 Å². The van der Waals surface area contributed by atoms with Crippen LogP contribution in [0, 0.1) is 5.92 Å². The molecular weight excluding hydrogens is 212 g/mol. The van der Waals surface area contributed by atoms with E-state index in [9.17, 15) is 4.79 Å². The van der Waals surface area contributed by atoms with Crippen molar-refractivity contribution in [3.8, 4) is 0 Å². The standard InChI is InChI=1S/C14H26N2O/c1-11-10-13(8-9-15-11)16-14(17)7-6-12-4-2-3-5-12/h11-13,15H,2-10H2,1H3,(H,16,17). The third kappa shape index (κ3) is 4.30. The molecule has 0 bridgehead atoms. The molecule has 1 amide bonds. The second-order valence-corrected chi connectivity index (χ2v) is 5.83. The van der Waals surface area contributed by atoms with Crippen LogP contribution in [0.25, 0.3) is 0 Å². The van der Waals surface area contributed by atoms with Gasteiger partial charge in [0.05, 0.1) is 0 Å². The molecule has 1 heterocycles. The average molecular weight is 238 g/mol. The van der Waals surface area contributed by atoms with Crippen molar-refractivity contribution in [2.75, 3.05) is 6.54 Å². The highest BCUT2D eigenvalue weighted by atomic mass is 16.1. The molecule has 2 rings (SSSR count). The molecule has 2 aliphatic rings. The molecule has 2 fully saturated rings. The van der Waals surface area contributed by atoms with E-state index < -0.39 is 0 Å². The van der Waals surface area contributed by atoms with Crippen molar-refractivity contribution >= 4 is 5.91 Å². The Morgan fingerprint density at radius 3 is 2.76 bits per heavy atom. The zero-order valence-electron chi connectivity index (χ0n) is 11.0. The Morgan fingerprint density at radius 2 is 2.06 bits per heavy atom. The fraction of sp³-hybridized carbons (Fsp3) is 0.929. The van der Waals surface area contributed by atoms with Crippen LogP contribution in [0.4, 0.5) is 0 Å². The van der Waals surface area contributed by atoms with E-state index in [1.807, 2.05) is 0 Å². The van der Waals surface area contributed by atoms with E-state index in [2.05, 4.69) is 17.6 Å². The summed E-state index contributed by atoms with van der Waals surface area (Å²) in [6.45, 7) is 3.23. The van der Waals surface area contributed by atoms with Crippen molar-refractivity contribution in [1.82, 2.24) is 10.6 Å². The Morgan fingerprint density at radius 1 is 1.29 bits per heavy atom. The first kappa shape index (κ1) is 12.9. The Balaban J connectivity index is 1.62. The number of hydrogen-bond acceptors (Lipinski definition) is 2. The molecule has 0 aromatic heterocycles. The zero-order valence-corrected chi connectivity index (χ0v) is 11.0. The Labute approximate surface area is 105 Å². The normalized spacial score (nSPS) is 30.4. The predicted molar refractivity (Wildman–Crippen MR) is 69.8 cm³/mol. The third-order valence-corrected chi connectivity index (χ3v) is 4.24. The predicted octanol–water partition coefficient (Wildman–Crippen LogP) is 2.21. The molecule has 17 heavy (non-hydrogen) atoms. The molecule has 0 radical (unpaired) electrons. The van der Waals surface area contributed by atoms with Crippen molar-refractivity contribution < 1.29 is 4.79 Å². The van der Waals surface area contributed by atoms with Crippen LogP contribution in [-0.4, -0.2) is 24.5 Å². The van der Waals surface area contributed by atoms with E-state index in [4.69, 9.17) is 0 Å². The topological polar surface area (TPSA) is 41.1 Å². The van der Waals surface area contributed by atoms with Gasteiger partial charge in [-0.1, -0.05) is 25.7 Å². The maximum Gasteiger partial charge on any atom is 0.220 e. The number of carbonyl (C=O) groups excluding carboxylic acids is 1. The molecule has 3 nitrogen and oxygen atoms in total. The van der Waals surface area contributed by atoms with E-state index in [1.165, 1.54) is 25.7 Å². The van der Waals surface area contributed by atoms with Gasteiger partial charge in [0, 0.05) is 18.5 Å². The number of carbonyl (C=O) groups is 1. The monoisotopic (exact) mass is 238 g/mol. The lowest BCUT2D eigenvalue weighted by Gasteiger charge is -2.28. The smallest absolute Gasteiger partial charge is 0.220 e. The van der Waals surface area contributed by atoms with Crippen LogP contribution in [0.3, 0.4) is 0 Å². The van der Waals surface area contributed by atoms with Crippen molar-refractivity contribution in [3.05, 3.63) is 0 Å². The summed E-state index contributed by atoms with van der Waals surface area (Å²) in [5.41, 5.74) is 0. The first-order chi connectivity index (χ1) is 8.24. The van der Waals surface area contributed by atoms with E-state index in [0.29, 0.717) is 12.1 Å². The lowest BCUT2D eigenvalue weighted by atomic mass is 9.99. The van der Waals surface area contributed by atoms with Crippen LogP contribution in [0.1, 0.15) is 58.3 Å². The molecule has 0 spiro atoms. The molecule has 1 aliphatic carbocycles. The summed E-state index contributed by atoms with van der Waals surface area (Å²) in [5, 5.41) is 6.60. The summed E-state index contributed by atoms with van der Waals surface area (Å²) in [6, 6.07) is 0.950. The van der Waals surface area contributed by atoms with E-state index in [-0.39, 0.29) is 5.91 Å². The van der Waals surface area contributed by atoms with Gasteiger partial charge >= 0.3 is 0 Å². The number of amides is 1. The minimum atomic E-state index is 0.274. The summed E-state index contributed by atoms with van der Waals surface area (Å²) in [5.74, 6) is 1.10. The number of nitrogens with one attached hydrogen (secondary N) is 2. The molecule has 1 saturated heterocycles. The van der Waals surface area contributed by atoms with Gasteiger partial charge in [-0.15, -0.1) is 0 Å². The molecule has 2 unspecified atom stereocenters. The molecule has 1 aliphatic heterocycles. The molecule has 0 aromatic carbocycles. The molecule has 98 valence electrons. The molecule has 2 N–H and O–H groups in total. The Bertz CT molecular complexity index is 249. The third-order valence-electron chi connectivity index (χ3n) is 4.24. The first-order valence-electron chi connectivity index (χ1n) is 7.27. The quantitative estimate of drug-likeness (QED) is 0.788. The lowest BCUT2D eigenvalue weighted by Crippen LogP contribution is -2.46. The number of hydrogen-bond donors (Lipinski definition) is 2. The second kappa shape index (κ2) is 6.39. The SMILES string of the molecule is CC1CC(NC(=O)CCC2CCCC2)CCN1. The Kier molecular flexibility index (Phi) is 4.84. The summed E-state index contributed by atoms with van der Waals surface area (Å²) in [6.07, 6.45) is 9.44. The van der Waals surface area contributed by atoms with Crippen LogP contribution in [0.15, 0.2) is 0 Å². The highest BCUT2D eigenvalue weighted by Crippen LogP contribution is 2.28. The van der Waals surface area contributed by atoms with Gasteiger partial charge in [0.15, 0.2) is 0 Å². The van der Waals surface area contributed by atoms with Crippen LogP contribution >= 0.6 is 0 Å². The van der Waals surface area contributed by atoms with Crippen LogP contribution in [-0.2, 0) is 4.79 Å². The van der Waals surface area contributed by atoms with Crippen LogP contribution < -0.4 is 10.6 Å². The minimum absolute atomic E-state index is 0.274. The fourth-order valence-corrected chi connectivity index (χ4v) is 3.20. The van der Waals surface area contributed by atoms with Gasteiger partial charge < -0.3 is 10.6 Å². The van der Waals surface area contributed by atoms with Crippen molar-refractivity contribution in [1.29, 1.82) is 0 Å². The van der Waals surface area contributed by atoms with Crippen LogP contribution in [0.5, 0.6) is 0 Å². The van der Waals surface area contributed by atoms with Crippen molar-refractivity contribution in [2.24, 2.45) is 5.92 Å². The lowest BCUT2D eigenvalue weighted by molar-refractivity contribution is -0.122. The zero-order chi connectivity index (χ0) is 12.1. The maximum absolute atomic E-state index is 11.8. The molecular formula is C14H26N2O. The van der Waals surface area contributed by atoms with E-state index >= 15 is 0 Å². The average Bonchev–Trinajstić information content (AvgIpc) is 2.79. The molecule has 2 atom stereocenters. The summed E-state index contributed by atoms with van der Waals surface area (Å²) < 4.78 is 0. The Hall–Kier alpha value is -0.570. The molecule has 1 saturated carbocycles. The van der Waals surface area contributed by atoms with Gasteiger partial charge in [0.2, 0.25) is 5.91 Å². The number of rotatable bonds is 4. The van der Waals surface area contributed by atoms with Crippen LogP contribution in [0.2, 0.25) is 0 Å². The highest BCUT2D eigenvalue weighted by molar-refractivity contribution is 5.76. The second-order valence-electron chi connectivity index (χ2n) is 5.83. The fourth-order valence-electron chi connectivity index (χ4n) is 3.20. The van der Waals surface area contributed by atoms with Crippen molar-refractivity contribution in [3.63, 3.8) is 0 Å². The first-order valence-corrected chi connectivity index (χ1v) is 7.27.